The van der Waals surface area contributed by atoms with Crippen molar-refractivity contribution < 1.29 is 4.79 Å². The fourth-order valence-corrected chi connectivity index (χ4v) is 2.17. The minimum atomic E-state index is -0.0547. The highest BCUT2D eigenvalue weighted by Crippen LogP contribution is 2.18. The largest absolute Gasteiger partial charge is 0.348 e. The SMILES string of the molecule is CC(C)C(CN)NC(=O)c1cccc2ccccc12. The summed E-state index contributed by atoms with van der Waals surface area (Å²) >= 11 is 0. The number of benzene rings is 2. The molecule has 1 unspecified atom stereocenters. The fourth-order valence-electron chi connectivity index (χ4n) is 2.17. The van der Waals surface area contributed by atoms with Crippen LogP contribution in [0, 0.1) is 5.92 Å². The van der Waals surface area contributed by atoms with E-state index in [1.54, 1.807) is 0 Å². The van der Waals surface area contributed by atoms with Crippen molar-refractivity contribution in [2.24, 2.45) is 11.7 Å². The second-order valence-electron chi connectivity index (χ2n) is 5.09. The molecule has 0 saturated carbocycles. The maximum atomic E-state index is 12.4. The van der Waals surface area contributed by atoms with Gasteiger partial charge in [-0.2, -0.15) is 0 Å². The molecule has 1 atom stereocenters. The molecule has 0 radical (unpaired) electrons. The van der Waals surface area contributed by atoms with E-state index in [9.17, 15) is 4.79 Å². The molecule has 0 aliphatic heterocycles. The van der Waals surface area contributed by atoms with E-state index in [0.29, 0.717) is 18.0 Å². The van der Waals surface area contributed by atoms with Crippen LogP contribution in [-0.2, 0) is 0 Å². The van der Waals surface area contributed by atoms with Gasteiger partial charge in [0.2, 0.25) is 0 Å². The Labute approximate surface area is 113 Å². The first-order valence-electron chi connectivity index (χ1n) is 6.62. The lowest BCUT2D eigenvalue weighted by molar-refractivity contribution is 0.0929. The van der Waals surface area contributed by atoms with Crippen LogP contribution in [0.5, 0.6) is 0 Å². The van der Waals surface area contributed by atoms with Crippen molar-refractivity contribution in [1.29, 1.82) is 0 Å². The molecule has 0 aromatic heterocycles. The molecule has 0 aliphatic carbocycles. The first kappa shape index (κ1) is 13.6. The van der Waals surface area contributed by atoms with Gasteiger partial charge >= 0.3 is 0 Å². The number of fused-ring (bicyclic) bond motifs is 1. The molecule has 19 heavy (non-hydrogen) atoms. The second-order valence-corrected chi connectivity index (χ2v) is 5.09. The van der Waals surface area contributed by atoms with Crippen LogP contribution in [0.15, 0.2) is 42.5 Å². The molecule has 0 aliphatic rings. The van der Waals surface area contributed by atoms with Gasteiger partial charge in [-0.25, -0.2) is 0 Å². The lowest BCUT2D eigenvalue weighted by atomic mass is 10.0. The first-order valence-corrected chi connectivity index (χ1v) is 6.62. The Morgan fingerprint density at radius 1 is 1.16 bits per heavy atom. The number of hydrogen-bond acceptors (Lipinski definition) is 2. The average molecular weight is 256 g/mol. The molecule has 3 heteroatoms. The van der Waals surface area contributed by atoms with Crippen molar-refractivity contribution in [3.8, 4) is 0 Å². The molecular weight excluding hydrogens is 236 g/mol. The fraction of sp³-hybridized carbons (Fsp3) is 0.312. The number of nitrogens with two attached hydrogens (primary N) is 1. The van der Waals surface area contributed by atoms with E-state index < -0.39 is 0 Å². The molecule has 2 aromatic carbocycles. The molecule has 100 valence electrons. The molecular formula is C16H20N2O. The molecule has 0 bridgehead atoms. The van der Waals surface area contributed by atoms with Gasteiger partial charge in [0.05, 0.1) is 0 Å². The molecule has 2 rings (SSSR count). The van der Waals surface area contributed by atoms with E-state index >= 15 is 0 Å². The van der Waals surface area contributed by atoms with Gasteiger partial charge in [0.15, 0.2) is 0 Å². The lowest BCUT2D eigenvalue weighted by Gasteiger charge is -2.21. The van der Waals surface area contributed by atoms with Gasteiger partial charge in [0.25, 0.3) is 5.91 Å². The summed E-state index contributed by atoms with van der Waals surface area (Å²) in [5.74, 6) is 0.268. The zero-order chi connectivity index (χ0) is 13.8. The van der Waals surface area contributed by atoms with Crippen molar-refractivity contribution in [3.05, 3.63) is 48.0 Å². The van der Waals surface area contributed by atoms with Crippen molar-refractivity contribution in [1.82, 2.24) is 5.32 Å². The summed E-state index contributed by atoms with van der Waals surface area (Å²) < 4.78 is 0. The second kappa shape index (κ2) is 5.85. The molecule has 0 fully saturated rings. The smallest absolute Gasteiger partial charge is 0.252 e. The van der Waals surface area contributed by atoms with E-state index in [4.69, 9.17) is 5.73 Å². The highest BCUT2D eigenvalue weighted by atomic mass is 16.1. The molecule has 3 N–H and O–H groups in total. The Hall–Kier alpha value is -1.87. The zero-order valence-electron chi connectivity index (χ0n) is 11.4. The highest BCUT2D eigenvalue weighted by molar-refractivity contribution is 6.07. The van der Waals surface area contributed by atoms with Crippen LogP contribution in [0.25, 0.3) is 10.8 Å². The number of carbonyl (C=O) groups excluding carboxylic acids is 1. The van der Waals surface area contributed by atoms with Crippen molar-refractivity contribution in [2.45, 2.75) is 19.9 Å². The van der Waals surface area contributed by atoms with E-state index in [1.165, 1.54) is 0 Å². The topological polar surface area (TPSA) is 55.1 Å². The average Bonchev–Trinajstić information content (AvgIpc) is 2.43. The van der Waals surface area contributed by atoms with Crippen LogP contribution in [-0.4, -0.2) is 18.5 Å². The van der Waals surface area contributed by atoms with E-state index in [2.05, 4.69) is 19.2 Å². The zero-order valence-corrected chi connectivity index (χ0v) is 11.4. The summed E-state index contributed by atoms with van der Waals surface area (Å²) in [5, 5.41) is 5.06. The van der Waals surface area contributed by atoms with Gasteiger partial charge in [-0.15, -0.1) is 0 Å². The lowest BCUT2D eigenvalue weighted by Crippen LogP contribution is -2.43. The van der Waals surface area contributed by atoms with Gasteiger partial charge in [-0.3, -0.25) is 4.79 Å². The van der Waals surface area contributed by atoms with Crippen LogP contribution in [0.2, 0.25) is 0 Å². The van der Waals surface area contributed by atoms with Crippen LogP contribution in [0.3, 0.4) is 0 Å². The standard InChI is InChI=1S/C16H20N2O/c1-11(2)15(10-17)18-16(19)14-9-5-7-12-6-3-4-8-13(12)14/h3-9,11,15H,10,17H2,1-2H3,(H,18,19). The van der Waals surface area contributed by atoms with Gasteiger partial charge < -0.3 is 11.1 Å². The Kier molecular flexibility index (Phi) is 4.17. The van der Waals surface area contributed by atoms with Crippen LogP contribution >= 0.6 is 0 Å². The number of nitrogens with one attached hydrogen (secondary N) is 1. The van der Waals surface area contributed by atoms with E-state index in [-0.39, 0.29) is 11.9 Å². The summed E-state index contributed by atoms with van der Waals surface area (Å²) in [6, 6.07) is 13.7. The van der Waals surface area contributed by atoms with Gasteiger partial charge in [0.1, 0.15) is 0 Å². The monoisotopic (exact) mass is 256 g/mol. The third-order valence-corrected chi connectivity index (χ3v) is 3.41. The van der Waals surface area contributed by atoms with Gasteiger partial charge in [-0.1, -0.05) is 50.2 Å². The number of rotatable bonds is 4. The van der Waals surface area contributed by atoms with Crippen LogP contribution in [0.4, 0.5) is 0 Å². The van der Waals surface area contributed by atoms with Crippen molar-refractivity contribution in [3.63, 3.8) is 0 Å². The predicted molar refractivity (Wildman–Crippen MR) is 79.1 cm³/mol. The third-order valence-electron chi connectivity index (χ3n) is 3.41. The molecule has 1 amide bonds. The molecule has 0 saturated heterocycles. The summed E-state index contributed by atoms with van der Waals surface area (Å²) in [6.45, 7) is 4.57. The highest BCUT2D eigenvalue weighted by Gasteiger charge is 2.16. The normalized spacial score (nSPS) is 12.6. The number of amides is 1. The third kappa shape index (κ3) is 2.93. The summed E-state index contributed by atoms with van der Waals surface area (Å²) in [4.78, 5) is 12.4. The minimum absolute atomic E-state index is 0.00599. The van der Waals surface area contributed by atoms with E-state index in [1.807, 2.05) is 42.5 Å². The number of carbonyl (C=O) groups is 1. The summed E-state index contributed by atoms with van der Waals surface area (Å²) in [7, 11) is 0. The quantitative estimate of drug-likeness (QED) is 0.883. The Bertz CT molecular complexity index is 572. The predicted octanol–water partition coefficient (Wildman–Crippen LogP) is 2.55. The minimum Gasteiger partial charge on any atom is -0.348 e. The van der Waals surface area contributed by atoms with Crippen molar-refractivity contribution in [2.75, 3.05) is 6.54 Å². The van der Waals surface area contributed by atoms with E-state index in [0.717, 1.165) is 10.8 Å². The molecule has 0 spiro atoms. The maximum Gasteiger partial charge on any atom is 0.252 e. The Morgan fingerprint density at radius 2 is 1.84 bits per heavy atom. The first-order chi connectivity index (χ1) is 9.13. The summed E-state index contributed by atoms with van der Waals surface area (Å²) in [6.07, 6.45) is 0. The van der Waals surface area contributed by atoms with Gasteiger partial charge in [-0.05, 0) is 22.8 Å². The Balaban J connectivity index is 2.31. The molecule has 2 aromatic rings. The van der Waals surface area contributed by atoms with Gasteiger partial charge in [0, 0.05) is 18.2 Å². The van der Waals surface area contributed by atoms with Crippen LogP contribution in [0.1, 0.15) is 24.2 Å². The molecule has 0 heterocycles. The van der Waals surface area contributed by atoms with Crippen molar-refractivity contribution >= 4 is 16.7 Å². The Morgan fingerprint density at radius 3 is 2.53 bits per heavy atom. The summed E-state index contributed by atoms with van der Waals surface area (Å²) in [5.41, 5.74) is 6.40. The number of hydrogen-bond donors (Lipinski definition) is 2. The maximum absolute atomic E-state index is 12.4. The van der Waals surface area contributed by atoms with Crippen LogP contribution < -0.4 is 11.1 Å². The molecule has 3 nitrogen and oxygen atoms in total.